The fourth-order valence-corrected chi connectivity index (χ4v) is 2.05. The van der Waals surface area contributed by atoms with Crippen molar-refractivity contribution in [3.05, 3.63) is 52.6 Å². The Labute approximate surface area is 106 Å². The average molecular weight is 250 g/mol. The predicted octanol–water partition coefficient (Wildman–Crippen LogP) is 2.70. The highest BCUT2D eigenvalue weighted by Gasteiger charge is 2.14. The maximum atomic E-state index is 5.89. The van der Waals surface area contributed by atoms with E-state index in [2.05, 4.69) is 16.5 Å². The molecule has 17 heavy (non-hydrogen) atoms. The van der Waals surface area contributed by atoms with Gasteiger partial charge in [0, 0.05) is 17.3 Å². The van der Waals surface area contributed by atoms with Gasteiger partial charge in [-0.2, -0.15) is 0 Å². The van der Waals surface area contributed by atoms with Crippen LogP contribution in [0.15, 0.2) is 30.6 Å². The first-order valence-electron chi connectivity index (χ1n) is 5.59. The van der Waals surface area contributed by atoms with Crippen LogP contribution in [0.2, 0.25) is 5.02 Å². The molecule has 3 nitrogen and oxygen atoms in total. The molecular weight excluding hydrogens is 234 g/mol. The van der Waals surface area contributed by atoms with Crippen molar-refractivity contribution in [3.63, 3.8) is 0 Å². The van der Waals surface area contributed by atoms with E-state index < -0.39 is 0 Å². The van der Waals surface area contributed by atoms with Crippen LogP contribution in [0.4, 0.5) is 0 Å². The van der Waals surface area contributed by atoms with Crippen molar-refractivity contribution in [2.24, 2.45) is 5.73 Å². The van der Waals surface area contributed by atoms with Crippen molar-refractivity contribution >= 4 is 11.6 Å². The molecule has 90 valence electrons. The Morgan fingerprint density at radius 2 is 1.94 bits per heavy atom. The summed E-state index contributed by atoms with van der Waals surface area (Å²) in [5, 5.41) is 0.739. The molecule has 1 unspecified atom stereocenters. The zero-order chi connectivity index (χ0) is 12.4. The monoisotopic (exact) mass is 249 g/mol. The predicted molar refractivity (Wildman–Crippen MR) is 70.3 cm³/mol. The number of nitrogens with zero attached hydrogens (tertiary/aromatic N) is 2. The number of rotatable bonds is 3. The number of imidazole rings is 1. The topological polar surface area (TPSA) is 43.8 Å². The smallest absolute Gasteiger partial charge is 0.0957 e. The van der Waals surface area contributed by atoms with E-state index in [0.29, 0.717) is 6.54 Å². The number of nitrogens with two attached hydrogens (primary N) is 1. The van der Waals surface area contributed by atoms with Crippen LogP contribution in [0.5, 0.6) is 0 Å². The van der Waals surface area contributed by atoms with E-state index in [1.165, 1.54) is 0 Å². The molecule has 2 N–H and O–H groups in total. The number of hydrogen-bond acceptors (Lipinski definition) is 2. The summed E-state index contributed by atoms with van der Waals surface area (Å²) in [7, 11) is 0. The van der Waals surface area contributed by atoms with Crippen molar-refractivity contribution in [2.75, 3.05) is 6.54 Å². The molecule has 0 radical (unpaired) electrons. The van der Waals surface area contributed by atoms with Crippen LogP contribution >= 0.6 is 11.6 Å². The van der Waals surface area contributed by atoms with Crippen LogP contribution in [0.3, 0.4) is 0 Å². The van der Waals surface area contributed by atoms with E-state index in [1.807, 2.05) is 37.5 Å². The lowest BCUT2D eigenvalue weighted by Crippen LogP contribution is -2.20. The second-order valence-electron chi connectivity index (χ2n) is 4.13. The van der Waals surface area contributed by atoms with Crippen molar-refractivity contribution < 1.29 is 0 Å². The molecular formula is C13H16ClN3. The van der Waals surface area contributed by atoms with Gasteiger partial charge in [0.2, 0.25) is 0 Å². The van der Waals surface area contributed by atoms with E-state index in [0.717, 1.165) is 22.0 Å². The van der Waals surface area contributed by atoms with Gasteiger partial charge in [0.1, 0.15) is 0 Å². The summed E-state index contributed by atoms with van der Waals surface area (Å²) in [6, 6.07) is 7.91. The highest BCUT2D eigenvalue weighted by atomic mass is 35.5. The molecule has 0 aliphatic heterocycles. The number of aromatic nitrogens is 2. The molecule has 1 heterocycles. The quantitative estimate of drug-likeness (QED) is 0.909. The van der Waals surface area contributed by atoms with Gasteiger partial charge < -0.3 is 10.3 Å². The number of benzene rings is 1. The summed E-state index contributed by atoms with van der Waals surface area (Å²) in [6.45, 7) is 4.60. The maximum absolute atomic E-state index is 5.89. The summed E-state index contributed by atoms with van der Waals surface area (Å²) in [4.78, 5) is 4.31. The Morgan fingerprint density at radius 3 is 2.41 bits per heavy atom. The molecule has 1 atom stereocenters. The van der Waals surface area contributed by atoms with Crippen molar-refractivity contribution in [1.82, 2.24) is 9.55 Å². The summed E-state index contributed by atoms with van der Waals surface area (Å²) in [5.41, 5.74) is 9.21. The molecule has 0 amide bonds. The minimum Gasteiger partial charge on any atom is -0.328 e. The third-order valence-electron chi connectivity index (χ3n) is 3.10. The number of halogens is 1. The molecule has 0 bridgehead atoms. The van der Waals surface area contributed by atoms with E-state index in [-0.39, 0.29) is 6.04 Å². The van der Waals surface area contributed by atoms with Gasteiger partial charge in [-0.3, -0.25) is 0 Å². The molecule has 2 rings (SSSR count). The standard InChI is InChI=1S/C13H16ClN3/c1-9-10(2)17(8-16-9)13(7-15)11-3-5-12(14)6-4-11/h3-6,8,13H,7,15H2,1-2H3. The van der Waals surface area contributed by atoms with Crippen LogP contribution < -0.4 is 5.73 Å². The second kappa shape index (κ2) is 4.90. The molecule has 0 spiro atoms. The lowest BCUT2D eigenvalue weighted by molar-refractivity contribution is 0.580. The van der Waals surface area contributed by atoms with Crippen LogP contribution in [-0.2, 0) is 0 Å². The summed E-state index contributed by atoms with van der Waals surface area (Å²) >= 11 is 5.89. The first-order chi connectivity index (χ1) is 8.13. The van der Waals surface area contributed by atoms with Gasteiger partial charge >= 0.3 is 0 Å². The summed E-state index contributed by atoms with van der Waals surface area (Å²) in [5.74, 6) is 0. The van der Waals surface area contributed by atoms with Gasteiger partial charge in [0.15, 0.2) is 0 Å². The van der Waals surface area contributed by atoms with E-state index in [1.54, 1.807) is 0 Å². The zero-order valence-corrected chi connectivity index (χ0v) is 10.8. The fourth-order valence-electron chi connectivity index (χ4n) is 1.93. The SMILES string of the molecule is Cc1ncn(C(CN)c2ccc(Cl)cc2)c1C. The van der Waals surface area contributed by atoms with Crippen LogP contribution in [0, 0.1) is 13.8 Å². The molecule has 0 saturated carbocycles. The van der Waals surface area contributed by atoms with E-state index >= 15 is 0 Å². The molecule has 1 aromatic carbocycles. The molecule has 1 aromatic heterocycles. The molecule has 0 saturated heterocycles. The van der Waals surface area contributed by atoms with E-state index in [4.69, 9.17) is 17.3 Å². The highest BCUT2D eigenvalue weighted by Crippen LogP contribution is 2.22. The van der Waals surface area contributed by atoms with Crippen LogP contribution in [-0.4, -0.2) is 16.1 Å². The van der Waals surface area contributed by atoms with Gasteiger partial charge in [-0.25, -0.2) is 4.98 Å². The third kappa shape index (κ3) is 2.35. The van der Waals surface area contributed by atoms with Crippen molar-refractivity contribution in [3.8, 4) is 0 Å². The van der Waals surface area contributed by atoms with Gasteiger partial charge in [-0.15, -0.1) is 0 Å². The van der Waals surface area contributed by atoms with Crippen molar-refractivity contribution in [1.29, 1.82) is 0 Å². The summed E-state index contributed by atoms with van der Waals surface area (Å²) < 4.78 is 2.11. The van der Waals surface area contributed by atoms with Crippen LogP contribution in [0.25, 0.3) is 0 Å². The van der Waals surface area contributed by atoms with Gasteiger partial charge in [-0.05, 0) is 31.5 Å². The largest absolute Gasteiger partial charge is 0.328 e. The molecule has 2 aromatic rings. The normalized spacial score (nSPS) is 12.7. The molecule has 0 aliphatic rings. The minimum absolute atomic E-state index is 0.119. The summed E-state index contributed by atoms with van der Waals surface area (Å²) in [6.07, 6.45) is 1.84. The van der Waals surface area contributed by atoms with Gasteiger partial charge in [0.25, 0.3) is 0 Å². The maximum Gasteiger partial charge on any atom is 0.0957 e. The number of hydrogen-bond donors (Lipinski definition) is 1. The Balaban J connectivity index is 2.40. The zero-order valence-electron chi connectivity index (χ0n) is 10.0. The molecule has 4 heteroatoms. The Hall–Kier alpha value is -1.32. The lowest BCUT2D eigenvalue weighted by Gasteiger charge is -2.19. The van der Waals surface area contributed by atoms with Crippen molar-refractivity contribution in [2.45, 2.75) is 19.9 Å². The highest BCUT2D eigenvalue weighted by molar-refractivity contribution is 6.30. The number of aryl methyl sites for hydroxylation is 1. The fraction of sp³-hybridized carbons (Fsp3) is 0.308. The molecule has 0 aliphatic carbocycles. The average Bonchev–Trinajstić information content (AvgIpc) is 2.65. The van der Waals surface area contributed by atoms with E-state index in [9.17, 15) is 0 Å². The first kappa shape index (κ1) is 12.1. The Morgan fingerprint density at radius 1 is 1.29 bits per heavy atom. The molecule has 0 fully saturated rings. The van der Waals surface area contributed by atoms with Gasteiger partial charge in [0.05, 0.1) is 18.1 Å². The Bertz CT molecular complexity index is 502. The van der Waals surface area contributed by atoms with Gasteiger partial charge in [-0.1, -0.05) is 23.7 Å². The first-order valence-corrected chi connectivity index (χ1v) is 5.97. The Kier molecular flexibility index (Phi) is 3.50. The second-order valence-corrected chi connectivity index (χ2v) is 4.56. The third-order valence-corrected chi connectivity index (χ3v) is 3.35. The minimum atomic E-state index is 0.119. The van der Waals surface area contributed by atoms with Crippen LogP contribution in [0.1, 0.15) is 23.0 Å². The lowest BCUT2D eigenvalue weighted by atomic mass is 10.1.